The molecule has 2 aromatic carbocycles. The van der Waals surface area contributed by atoms with Crippen LogP contribution in [0.15, 0.2) is 47.3 Å². The Morgan fingerprint density at radius 2 is 1.78 bits per heavy atom. The quantitative estimate of drug-likeness (QED) is 0.510. The fraction of sp³-hybridized carbons (Fsp3) is 0.0500. The molecule has 6 nitrogen and oxygen atoms in total. The molecule has 2 aromatic heterocycles. The summed E-state index contributed by atoms with van der Waals surface area (Å²) >= 11 is 1.36. The Hall–Kier alpha value is -3.81. The van der Waals surface area contributed by atoms with E-state index < -0.39 is 5.56 Å². The molecule has 0 unspecified atom stereocenters. The average molecular weight is 371 g/mol. The molecule has 128 valence electrons. The number of hydrogen-bond donors (Lipinski definition) is 0. The fourth-order valence-corrected chi connectivity index (χ4v) is 4.49. The van der Waals surface area contributed by atoms with Crippen LogP contribution in [0.5, 0.6) is 11.5 Å². The van der Waals surface area contributed by atoms with Crippen molar-refractivity contribution in [3.8, 4) is 34.8 Å². The molecular weight excluding hydrogens is 362 g/mol. The van der Waals surface area contributed by atoms with Crippen molar-refractivity contribution in [1.82, 2.24) is 4.40 Å². The van der Waals surface area contributed by atoms with E-state index in [4.69, 9.17) is 9.47 Å². The zero-order chi connectivity index (χ0) is 18.5. The molecule has 0 amide bonds. The highest BCUT2D eigenvalue weighted by Gasteiger charge is 2.24. The Balaban J connectivity index is 1.96. The number of nitrogens with zero attached hydrogens (tertiary/aromatic N) is 3. The first-order valence-corrected chi connectivity index (χ1v) is 8.85. The first-order chi connectivity index (χ1) is 13.2. The van der Waals surface area contributed by atoms with Crippen molar-refractivity contribution in [2.45, 2.75) is 0 Å². The number of nitriles is 2. The monoisotopic (exact) mass is 371 g/mol. The lowest BCUT2D eigenvalue weighted by molar-refractivity contribution is 0.174. The van der Waals surface area contributed by atoms with Gasteiger partial charge in [0.2, 0.25) is 6.79 Å². The van der Waals surface area contributed by atoms with Crippen LogP contribution in [0.3, 0.4) is 0 Å². The average Bonchev–Trinajstić information content (AvgIpc) is 3.31. The standard InChI is InChI=1S/C20H9N3O3S/c21-8-12-18(11-5-6-15-16(7-11)26-10-25-15)13(9-22)20-23(19(12)24)14-3-1-2-4-17(14)27-20/h1-7H,10H2. The van der Waals surface area contributed by atoms with Crippen LogP contribution in [0.25, 0.3) is 26.2 Å². The normalized spacial score (nSPS) is 12.2. The lowest BCUT2D eigenvalue weighted by atomic mass is 9.97. The summed E-state index contributed by atoms with van der Waals surface area (Å²) in [7, 11) is 0. The predicted octanol–water partition coefficient (Wildman–Crippen LogP) is 3.65. The molecule has 1 aliphatic rings. The molecule has 0 atom stereocenters. The summed E-state index contributed by atoms with van der Waals surface area (Å²) in [5.74, 6) is 1.12. The van der Waals surface area contributed by atoms with Crippen LogP contribution in [-0.4, -0.2) is 11.2 Å². The third kappa shape index (κ3) is 2.06. The maximum absolute atomic E-state index is 13.1. The number of pyridine rings is 1. The summed E-state index contributed by atoms with van der Waals surface area (Å²) in [4.78, 5) is 13.6. The third-order valence-electron chi connectivity index (χ3n) is 4.53. The summed E-state index contributed by atoms with van der Waals surface area (Å²) < 4.78 is 13.0. The van der Waals surface area contributed by atoms with Gasteiger partial charge in [-0.3, -0.25) is 9.20 Å². The number of benzene rings is 2. The molecule has 5 rings (SSSR count). The lowest BCUT2D eigenvalue weighted by Crippen LogP contribution is -2.18. The molecule has 0 fully saturated rings. The largest absolute Gasteiger partial charge is 0.454 e. The number of hydrogen-bond acceptors (Lipinski definition) is 6. The van der Waals surface area contributed by atoms with Crippen LogP contribution in [0, 0.1) is 22.7 Å². The zero-order valence-electron chi connectivity index (χ0n) is 13.7. The van der Waals surface area contributed by atoms with E-state index in [-0.39, 0.29) is 12.4 Å². The number of thiazole rings is 1. The number of para-hydroxylation sites is 1. The molecule has 0 bridgehead atoms. The molecule has 7 heteroatoms. The van der Waals surface area contributed by atoms with Gasteiger partial charge in [-0.1, -0.05) is 18.2 Å². The van der Waals surface area contributed by atoms with Gasteiger partial charge >= 0.3 is 0 Å². The Bertz CT molecular complexity index is 1400. The van der Waals surface area contributed by atoms with Gasteiger partial charge in [0, 0.05) is 5.56 Å². The Kier molecular flexibility index (Phi) is 3.20. The van der Waals surface area contributed by atoms with Crippen LogP contribution in [0.1, 0.15) is 11.1 Å². The minimum atomic E-state index is -0.434. The molecular formula is C20H9N3O3S. The molecule has 0 saturated carbocycles. The highest BCUT2D eigenvalue weighted by atomic mass is 32.1. The van der Waals surface area contributed by atoms with Crippen molar-refractivity contribution in [2.75, 3.05) is 6.79 Å². The molecule has 0 N–H and O–H groups in total. The van der Waals surface area contributed by atoms with E-state index >= 15 is 0 Å². The first kappa shape index (κ1) is 15.4. The van der Waals surface area contributed by atoms with Crippen LogP contribution >= 0.6 is 11.3 Å². The molecule has 0 aliphatic carbocycles. The summed E-state index contributed by atoms with van der Waals surface area (Å²) in [6.07, 6.45) is 0. The van der Waals surface area contributed by atoms with Crippen LogP contribution < -0.4 is 15.0 Å². The highest BCUT2D eigenvalue weighted by molar-refractivity contribution is 7.24. The summed E-state index contributed by atoms with van der Waals surface area (Å²) in [5, 5.41) is 19.6. The van der Waals surface area contributed by atoms with E-state index in [0.717, 1.165) is 4.70 Å². The van der Waals surface area contributed by atoms with Gasteiger partial charge in [0.25, 0.3) is 5.56 Å². The lowest BCUT2D eigenvalue weighted by Gasteiger charge is -2.09. The Morgan fingerprint density at radius 1 is 1.00 bits per heavy atom. The zero-order valence-corrected chi connectivity index (χ0v) is 14.5. The minimum absolute atomic E-state index is 0.0635. The van der Waals surface area contributed by atoms with Crippen molar-refractivity contribution in [3.63, 3.8) is 0 Å². The van der Waals surface area contributed by atoms with Gasteiger partial charge in [-0.15, -0.1) is 11.3 Å². The second-order valence-corrected chi connectivity index (χ2v) is 6.96. The Labute approximate surface area is 156 Å². The predicted molar refractivity (Wildman–Crippen MR) is 100 cm³/mol. The molecule has 1 aliphatic heterocycles. The van der Waals surface area contributed by atoms with Crippen molar-refractivity contribution in [1.29, 1.82) is 10.5 Å². The first-order valence-electron chi connectivity index (χ1n) is 8.03. The molecule has 27 heavy (non-hydrogen) atoms. The summed E-state index contributed by atoms with van der Waals surface area (Å²) in [6.45, 7) is 0.118. The number of ether oxygens (including phenoxy) is 2. The maximum atomic E-state index is 13.1. The smallest absolute Gasteiger partial charge is 0.274 e. The van der Waals surface area contributed by atoms with Crippen LogP contribution in [-0.2, 0) is 0 Å². The molecule has 0 radical (unpaired) electrons. The van der Waals surface area contributed by atoms with E-state index in [1.54, 1.807) is 18.2 Å². The van der Waals surface area contributed by atoms with Crippen LogP contribution in [0.2, 0.25) is 0 Å². The highest BCUT2D eigenvalue weighted by Crippen LogP contribution is 2.39. The van der Waals surface area contributed by atoms with E-state index in [1.165, 1.54) is 15.7 Å². The van der Waals surface area contributed by atoms with Gasteiger partial charge in [0.1, 0.15) is 22.5 Å². The van der Waals surface area contributed by atoms with Gasteiger partial charge in [-0.05, 0) is 29.8 Å². The summed E-state index contributed by atoms with van der Waals surface area (Å²) in [6, 6.07) is 16.7. The number of fused-ring (bicyclic) bond motifs is 4. The van der Waals surface area contributed by atoms with Crippen molar-refractivity contribution in [2.24, 2.45) is 0 Å². The van der Waals surface area contributed by atoms with E-state index in [0.29, 0.717) is 38.5 Å². The maximum Gasteiger partial charge on any atom is 0.274 e. The van der Waals surface area contributed by atoms with Crippen molar-refractivity contribution >= 4 is 26.4 Å². The topological polar surface area (TPSA) is 87.5 Å². The van der Waals surface area contributed by atoms with Gasteiger partial charge in [0.15, 0.2) is 11.5 Å². The van der Waals surface area contributed by atoms with Crippen molar-refractivity contribution < 1.29 is 9.47 Å². The SMILES string of the molecule is N#Cc1c(-c2ccc3c(c2)OCO3)c(C#N)c2sc3ccccc3n2c1=O. The Morgan fingerprint density at radius 3 is 2.59 bits per heavy atom. The minimum Gasteiger partial charge on any atom is -0.454 e. The van der Waals surface area contributed by atoms with Gasteiger partial charge in [-0.2, -0.15) is 10.5 Å². The molecule has 3 heterocycles. The molecule has 4 aromatic rings. The second kappa shape index (κ2) is 5.60. The summed E-state index contributed by atoms with van der Waals surface area (Å²) in [5.41, 5.74) is 1.39. The second-order valence-electron chi connectivity index (χ2n) is 5.93. The van der Waals surface area contributed by atoms with E-state index in [1.807, 2.05) is 30.3 Å². The van der Waals surface area contributed by atoms with Gasteiger partial charge in [-0.25, -0.2) is 0 Å². The number of rotatable bonds is 1. The molecule has 0 spiro atoms. The van der Waals surface area contributed by atoms with E-state index in [9.17, 15) is 15.3 Å². The van der Waals surface area contributed by atoms with E-state index in [2.05, 4.69) is 6.07 Å². The molecule has 0 saturated heterocycles. The van der Waals surface area contributed by atoms with Crippen LogP contribution in [0.4, 0.5) is 0 Å². The van der Waals surface area contributed by atoms with Crippen molar-refractivity contribution in [3.05, 3.63) is 63.9 Å². The fourth-order valence-electron chi connectivity index (χ4n) is 3.35. The third-order valence-corrected chi connectivity index (χ3v) is 5.68. The number of aromatic nitrogens is 1. The van der Waals surface area contributed by atoms with Gasteiger partial charge in [0.05, 0.1) is 15.8 Å². The van der Waals surface area contributed by atoms with Gasteiger partial charge < -0.3 is 9.47 Å².